The van der Waals surface area contributed by atoms with E-state index in [2.05, 4.69) is 6.92 Å². The molecule has 1 aromatic rings. The second kappa shape index (κ2) is 5.59. The first kappa shape index (κ1) is 16.3. The molecular formula is C14H19ClN2O3S. The van der Waals surface area contributed by atoms with Crippen molar-refractivity contribution >= 4 is 27.5 Å². The molecule has 1 fully saturated rings. The molecule has 0 bridgehead atoms. The molecule has 1 amide bonds. The normalized spacial score (nSPS) is 22.6. The van der Waals surface area contributed by atoms with Gasteiger partial charge in [-0.1, -0.05) is 18.5 Å². The molecule has 1 saturated heterocycles. The minimum Gasteiger partial charge on any atom is -0.336 e. The van der Waals surface area contributed by atoms with Crippen LogP contribution in [0.2, 0.25) is 5.02 Å². The maximum Gasteiger partial charge on any atom is 0.254 e. The summed E-state index contributed by atoms with van der Waals surface area (Å²) in [6, 6.07) is 2.95. The molecule has 116 valence electrons. The fraction of sp³-hybridized carbons (Fsp3) is 0.500. The molecule has 1 aliphatic rings. The molecular weight excluding hydrogens is 312 g/mol. The van der Waals surface area contributed by atoms with Crippen LogP contribution in [0.5, 0.6) is 0 Å². The third kappa shape index (κ3) is 3.22. The van der Waals surface area contributed by atoms with Crippen LogP contribution in [-0.4, -0.2) is 31.8 Å². The number of hydrogen-bond acceptors (Lipinski definition) is 3. The summed E-state index contributed by atoms with van der Waals surface area (Å²) in [5, 5.41) is 5.41. The molecule has 1 aliphatic heterocycles. The summed E-state index contributed by atoms with van der Waals surface area (Å²) < 4.78 is 23.2. The lowest BCUT2D eigenvalue weighted by molar-refractivity contribution is 0.0743. The van der Waals surface area contributed by atoms with Crippen LogP contribution >= 0.6 is 11.6 Å². The Hall–Kier alpha value is -1.11. The minimum absolute atomic E-state index is 0.0988. The van der Waals surface area contributed by atoms with E-state index in [0.29, 0.717) is 18.0 Å². The Morgan fingerprint density at radius 1 is 1.38 bits per heavy atom. The van der Waals surface area contributed by atoms with E-state index in [0.717, 1.165) is 6.42 Å². The van der Waals surface area contributed by atoms with Gasteiger partial charge in [-0.3, -0.25) is 4.79 Å². The predicted molar refractivity (Wildman–Crippen MR) is 81.8 cm³/mol. The van der Waals surface area contributed by atoms with Gasteiger partial charge in [-0.25, -0.2) is 13.6 Å². The number of nitrogens with two attached hydrogens (primary N) is 1. The van der Waals surface area contributed by atoms with Gasteiger partial charge in [-0.05, 0) is 43.9 Å². The first-order valence-electron chi connectivity index (χ1n) is 6.75. The van der Waals surface area contributed by atoms with Crippen molar-refractivity contribution in [1.29, 1.82) is 0 Å². The van der Waals surface area contributed by atoms with E-state index in [1.807, 2.05) is 6.92 Å². The van der Waals surface area contributed by atoms with E-state index >= 15 is 0 Å². The predicted octanol–water partition coefficient (Wildman–Crippen LogP) is 2.17. The molecule has 2 N–H and O–H groups in total. The number of carbonyl (C=O) groups excluding carboxylic acids is 1. The molecule has 21 heavy (non-hydrogen) atoms. The van der Waals surface area contributed by atoms with Gasteiger partial charge >= 0.3 is 0 Å². The molecule has 2 rings (SSSR count). The van der Waals surface area contributed by atoms with Gasteiger partial charge < -0.3 is 4.90 Å². The highest BCUT2D eigenvalue weighted by Crippen LogP contribution is 2.28. The van der Waals surface area contributed by atoms with Gasteiger partial charge in [0, 0.05) is 23.2 Å². The average Bonchev–Trinajstić information content (AvgIpc) is 2.69. The highest BCUT2D eigenvalue weighted by atomic mass is 35.5. The fourth-order valence-electron chi connectivity index (χ4n) is 2.82. The van der Waals surface area contributed by atoms with E-state index in [-0.39, 0.29) is 27.4 Å². The van der Waals surface area contributed by atoms with Crippen LogP contribution in [0.25, 0.3) is 0 Å². The van der Waals surface area contributed by atoms with Gasteiger partial charge in [0.1, 0.15) is 0 Å². The van der Waals surface area contributed by atoms with Crippen LogP contribution in [0.4, 0.5) is 0 Å². The number of benzene rings is 1. The third-order valence-corrected chi connectivity index (χ3v) is 5.32. The molecule has 1 aromatic carbocycles. The smallest absolute Gasteiger partial charge is 0.254 e. The van der Waals surface area contributed by atoms with Crippen molar-refractivity contribution in [2.75, 3.05) is 6.54 Å². The molecule has 0 aliphatic carbocycles. The van der Waals surface area contributed by atoms with Crippen LogP contribution < -0.4 is 5.14 Å². The highest BCUT2D eigenvalue weighted by molar-refractivity contribution is 7.89. The van der Waals surface area contributed by atoms with E-state index in [1.165, 1.54) is 12.1 Å². The lowest BCUT2D eigenvalue weighted by Crippen LogP contribution is -2.34. The van der Waals surface area contributed by atoms with Crippen molar-refractivity contribution in [3.63, 3.8) is 0 Å². The minimum atomic E-state index is -3.92. The summed E-state index contributed by atoms with van der Waals surface area (Å²) in [4.78, 5) is 14.2. The summed E-state index contributed by atoms with van der Waals surface area (Å²) in [5.41, 5.74) is 0.620. The summed E-state index contributed by atoms with van der Waals surface area (Å²) in [7, 11) is -3.92. The standard InChI is InChI=1S/C14H19ClN2O3S/c1-8-4-9(2)17(7-8)14(18)11-5-12(15)10(3)13(6-11)21(16,19)20/h5-6,8-9H,4,7H2,1-3H3,(H2,16,19,20). The molecule has 0 aromatic heterocycles. The summed E-state index contributed by atoms with van der Waals surface area (Å²) >= 11 is 6.05. The number of amides is 1. The number of nitrogens with zero attached hydrogens (tertiary/aromatic N) is 1. The van der Waals surface area contributed by atoms with Crippen LogP contribution in [0.3, 0.4) is 0 Å². The van der Waals surface area contributed by atoms with Gasteiger partial charge in [0.15, 0.2) is 0 Å². The van der Waals surface area contributed by atoms with Crippen molar-refractivity contribution in [3.05, 3.63) is 28.3 Å². The zero-order valence-electron chi connectivity index (χ0n) is 12.3. The fourth-order valence-corrected chi connectivity index (χ4v) is 3.92. The number of halogens is 1. The summed E-state index contributed by atoms with van der Waals surface area (Å²) in [5.74, 6) is 0.223. The molecule has 2 unspecified atom stereocenters. The number of sulfonamides is 1. The lowest BCUT2D eigenvalue weighted by Gasteiger charge is -2.22. The number of hydrogen-bond donors (Lipinski definition) is 1. The van der Waals surface area contributed by atoms with Crippen LogP contribution in [0, 0.1) is 12.8 Å². The van der Waals surface area contributed by atoms with Crippen molar-refractivity contribution < 1.29 is 13.2 Å². The topological polar surface area (TPSA) is 80.5 Å². The van der Waals surface area contributed by atoms with Gasteiger partial charge in [-0.2, -0.15) is 0 Å². The van der Waals surface area contributed by atoms with Crippen LogP contribution in [0.15, 0.2) is 17.0 Å². The Balaban J connectivity index is 2.46. The highest BCUT2D eigenvalue weighted by Gasteiger charge is 2.31. The maximum absolute atomic E-state index is 12.6. The van der Waals surface area contributed by atoms with Crippen molar-refractivity contribution in [2.24, 2.45) is 11.1 Å². The third-order valence-electron chi connectivity index (χ3n) is 3.89. The summed E-state index contributed by atoms with van der Waals surface area (Å²) in [6.45, 7) is 6.30. The Morgan fingerprint density at radius 2 is 2.00 bits per heavy atom. The second-order valence-electron chi connectivity index (χ2n) is 5.77. The molecule has 0 radical (unpaired) electrons. The SMILES string of the molecule is Cc1c(Cl)cc(C(=O)N2CC(C)CC2C)cc1S(N)(=O)=O. The Kier molecular flexibility index (Phi) is 4.33. The average molecular weight is 331 g/mol. The maximum atomic E-state index is 12.6. The van der Waals surface area contributed by atoms with Crippen molar-refractivity contribution in [1.82, 2.24) is 4.90 Å². The first-order chi connectivity index (χ1) is 9.61. The zero-order chi connectivity index (χ0) is 15.9. The quantitative estimate of drug-likeness (QED) is 0.902. The Bertz CT molecular complexity index is 688. The van der Waals surface area contributed by atoms with E-state index in [9.17, 15) is 13.2 Å². The largest absolute Gasteiger partial charge is 0.336 e. The Labute approximate surface area is 130 Å². The molecule has 0 saturated carbocycles. The van der Waals surface area contributed by atoms with E-state index in [4.69, 9.17) is 16.7 Å². The Morgan fingerprint density at radius 3 is 2.48 bits per heavy atom. The number of carbonyl (C=O) groups is 1. The zero-order valence-corrected chi connectivity index (χ0v) is 13.8. The molecule has 5 nitrogen and oxygen atoms in total. The monoisotopic (exact) mass is 330 g/mol. The molecule has 0 spiro atoms. The van der Waals surface area contributed by atoms with Crippen molar-refractivity contribution in [3.8, 4) is 0 Å². The van der Waals surface area contributed by atoms with Gasteiger partial charge in [0.2, 0.25) is 10.0 Å². The van der Waals surface area contributed by atoms with E-state index < -0.39 is 10.0 Å². The lowest BCUT2D eigenvalue weighted by atomic mass is 10.1. The van der Waals surface area contributed by atoms with E-state index in [1.54, 1.807) is 11.8 Å². The van der Waals surface area contributed by atoms with Gasteiger partial charge in [0.05, 0.1) is 4.90 Å². The molecule has 1 heterocycles. The number of primary sulfonamides is 1. The first-order valence-corrected chi connectivity index (χ1v) is 8.67. The number of rotatable bonds is 2. The van der Waals surface area contributed by atoms with Crippen LogP contribution in [-0.2, 0) is 10.0 Å². The summed E-state index contributed by atoms with van der Waals surface area (Å²) in [6.07, 6.45) is 0.938. The van der Waals surface area contributed by atoms with Crippen molar-refractivity contribution in [2.45, 2.75) is 38.1 Å². The number of likely N-dealkylation sites (tertiary alicyclic amines) is 1. The second-order valence-corrected chi connectivity index (χ2v) is 7.71. The molecule has 2 atom stereocenters. The molecule has 7 heteroatoms. The van der Waals surface area contributed by atoms with Gasteiger partial charge in [0.25, 0.3) is 5.91 Å². The van der Waals surface area contributed by atoms with Crippen LogP contribution in [0.1, 0.15) is 36.2 Å². The van der Waals surface area contributed by atoms with Gasteiger partial charge in [-0.15, -0.1) is 0 Å².